The van der Waals surface area contributed by atoms with E-state index in [1.54, 1.807) is 33.0 Å². The maximum absolute atomic E-state index is 12.7. The fourth-order valence-electron chi connectivity index (χ4n) is 4.12. The van der Waals surface area contributed by atoms with Crippen LogP contribution >= 0.6 is 0 Å². The first-order valence-electron chi connectivity index (χ1n) is 10.0. The Morgan fingerprint density at radius 3 is 2.52 bits per heavy atom. The van der Waals surface area contributed by atoms with Crippen molar-refractivity contribution >= 4 is 18.0 Å². The molecule has 29 heavy (non-hydrogen) atoms. The summed E-state index contributed by atoms with van der Waals surface area (Å²) in [4.78, 5) is 43.3. The van der Waals surface area contributed by atoms with Crippen LogP contribution in [-0.4, -0.2) is 52.6 Å². The maximum Gasteiger partial charge on any atom is 0.408 e. The summed E-state index contributed by atoms with van der Waals surface area (Å²) in [5.41, 5.74) is 0.842. The number of hydrogen-bond acceptors (Lipinski definition) is 6. The second-order valence-electron chi connectivity index (χ2n) is 8.65. The predicted octanol–water partition coefficient (Wildman–Crippen LogP) is 2.66. The van der Waals surface area contributed by atoms with Gasteiger partial charge in [0.05, 0.1) is 24.9 Å². The molecule has 8 heteroatoms. The Hall–Kier alpha value is -2.64. The number of carbonyl (C=O) groups excluding carboxylic acids is 3. The zero-order valence-corrected chi connectivity index (χ0v) is 17.4. The number of amides is 2. The van der Waals surface area contributed by atoms with Crippen LogP contribution in [0.3, 0.4) is 0 Å². The Bertz CT molecular complexity index is 781. The second-order valence-corrected chi connectivity index (χ2v) is 8.65. The van der Waals surface area contributed by atoms with Crippen molar-refractivity contribution in [2.75, 3.05) is 7.11 Å². The number of alkyl carbamates (subject to hydrolysis) is 1. The number of nitrogens with zero attached hydrogens (tertiary/aromatic N) is 2. The molecule has 0 spiro atoms. The number of fused-ring (bicyclic) bond motifs is 1. The number of ether oxygens (including phenoxy) is 2. The first-order chi connectivity index (χ1) is 13.7. The number of rotatable bonds is 4. The van der Waals surface area contributed by atoms with Crippen molar-refractivity contribution in [2.45, 2.75) is 70.7 Å². The summed E-state index contributed by atoms with van der Waals surface area (Å²) in [5.74, 6) is -0.523. The van der Waals surface area contributed by atoms with Crippen molar-refractivity contribution in [3.8, 4) is 0 Å². The minimum atomic E-state index is -0.760. The van der Waals surface area contributed by atoms with Gasteiger partial charge in [-0.1, -0.05) is 0 Å². The summed E-state index contributed by atoms with van der Waals surface area (Å²) >= 11 is 0. The summed E-state index contributed by atoms with van der Waals surface area (Å²) in [6.45, 7) is 5.83. The highest BCUT2D eigenvalue weighted by Gasteiger charge is 2.39. The summed E-state index contributed by atoms with van der Waals surface area (Å²) in [7, 11) is 1.31. The number of esters is 1. The third kappa shape index (κ3) is 4.86. The SMILES string of the molecule is COC(=O)C(NC(=O)OC(C)(C)C)C1CCC(N2Cc3ncccc3C2=O)CC1. The van der Waals surface area contributed by atoms with E-state index in [0.29, 0.717) is 24.9 Å². The summed E-state index contributed by atoms with van der Waals surface area (Å²) in [6.07, 6.45) is 3.99. The lowest BCUT2D eigenvalue weighted by molar-refractivity contribution is -0.145. The van der Waals surface area contributed by atoms with E-state index in [-0.39, 0.29) is 17.9 Å². The highest BCUT2D eigenvalue weighted by molar-refractivity contribution is 5.97. The van der Waals surface area contributed by atoms with Crippen LogP contribution in [0.25, 0.3) is 0 Å². The van der Waals surface area contributed by atoms with E-state index in [1.807, 2.05) is 11.0 Å². The zero-order valence-electron chi connectivity index (χ0n) is 17.4. The minimum Gasteiger partial charge on any atom is -0.467 e. The molecular weight excluding hydrogens is 374 g/mol. The number of methoxy groups -OCH3 is 1. The molecule has 158 valence electrons. The number of carbonyl (C=O) groups is 3. The smallest absolute Gasteiger partial charge is 0.408 e. The molecule has 0 aromatic carbocycles. The lowest BCUT2D eigenvalue weighted by Crippen LogP contribution is -2.50. The van der Waals surface area contributed by atoms with E-state index in [9.17, 15) is 14.4 Å². The van der Waals surface area contributed by atoms with Crippen molar-refractivity contribution in [1.82, 2.24) is 15.2 Å². The third-order valence-corrected chi connectivity index (χ3v) is 5.48. The van der Waals surface area contributed by atoms with Gasteiger partial charge in [-0.15, -0.1) is 0 Å². The van der Waals surface area contributed by atoms with Crippen LogP contribution in [0.1, 0.15) is 62.5 Å². The van der Waals surface area contributed by atoms with Crippen LogP contribution in [0.2, 0.25) is 0 Å². The zero-order chi connectivity index (χ0) is 21.2. The maximum atomic E-state index is 12.7. The number of aromatic nitrogens is 1. The van der Waals surface area contributed by atoms with Gasteiger partial charge in [0, 0.05) is 12.2 Å². The molecule has 2 amide bonds. The molecule has 0 radical (unpaired) electrons. The first kappa shape index (κ1) is 21.1. The summed E-state index contributed by atoms with van der Waals surface area (Å²) in [5, 5.41) is 2.68. The van der Waals surface area contributed by atoms with Gasteiger partial charge in [0.1, 0.15) is 11.6 Å². The summed E-state index contributed by atoms with van der Waals surface area (Å²) < 4.78 is 10.2. The molecule has 1 N–H and O–H groups in total. The van der Waals surface area contributed by atoms with Crippen LogP contribution < -0.4 is 5.32 Å². The molecule has 1 saturated carbocycles. The Morgan fingerprint density at radius 2 is 1.93 bits per heavy atom. The Morgan fingerprint density at radius 1 is 1.24 bits per heavy atom. The van der Waals surface area contributed by atoms with E-state index in [0.717, 1.165) is 18.5 Å². The van der Waals surface area contributed by atoms with Gasteiger partial charge < -0.3 is 19.7 Å². The van der Waals surface area contributed by atoms with Crippen molar-refractivity contribution < 1.29 is 23.9 Å². The minimum absolute atomic E-state index is 0.0212. The molecule has 1 aromatic heterocycles. The van der Waals surface area contributed by atoms with Crippen LogP contribution in [0, 0.1) is 5.92 Å². The monoisotopic (exact) mass is 403 g/mol. The van der Waals surface area contributed by atoms with Gasteiger partial charge >= 0.3 is 12.1 Å². The largest absolute Gasteiger partial charge is 0.467 e. The molecule has 1 aliphatic carbocycles. The van der Waals surface area contributed by atoms with Gasteiger partial charge in [0.2, 0.25) is 0 Å². The topological polar surface area (TPSA) is 97.8 Å². The van der Waals surface area contributed by atoms with Gasteiger partial charge in [-0.05, 0) is 64.5 Å². The normalized spacial score (nSPS) is 22.6. The number of nitrogens with one attached hydrogen (secondary N) is 1. The fraction of sp³-hybridized carbons (Fsp3) is 0.619. The van der Waals surface area contributed by atoms with Crippen LogP contribution in [0.5, 0.6) is 0 Å². The van der Waals surface area contributed by atoms with Gasteiger partial charge in [-0.3, -0.25) is 9.78 Å². The van der Waals surface area contributed by atoms with Crippen molar-refractivity contribution in [2.24, 2.45) is 5.92 Å². The van der Waals surface area contributed by atoms with E-state index in [4.69, 9.17) is 9.47 Å². The lowest BCUT2D eigenvalue weighted by Gasteiger charge is -2.37. The molecule has 1 unspecified atom stereocenters. The molecule has 1 atom stereocenters. The molecule has 1 fully saturated rings. The molecule has 2 heterocycles. The molecule has 1 aromatic rings. The van der Waals surface area contributed by atoms with Crippen LogP contribution in [0.15, 0.2) is 18.3 Å². The quantitative estimate of drug-likeness (QED) is 0.776. The predicted molar refractivity (Wildman–Crippen MR) is 105 cm³/mol. The van der Waals surface area contributed by atoms with Crippen molar-refractivity contribution in [1.29, 1.82) is 0 Å². The van der Waals surface area contributed by atoms with E-state index in [1.165, 1.54) is 7.11 Å². The summed E-state index contributed by atoms with van der Waals surface area (Å²) in [6, 6.07) is 2.94. The van der Waals surface area contributed by atoms with Gasteiger partial charge in [-0.2, -0.15) is 0 Å². The second kappa shape index (κ2) is 8.39. The Labute approximate surface area is 170 Å². The Kier molecular flexibility index (Phi) is 6.10. The number of hydrogen-bond donors (Lipinski definition) is 1. The molecule has 0 bridgehead atoms. The average Bonchev–Trinajstić information content (AvgIpc) is 3.01. The van der Waals surface area contributed by atoms with Crippen molar-refractivity contribution in [3.05, 3.63) is 29.6 Å². The lowest BCUT2D eigenvalue weighted by atomic mass is 9.81. The molecule has 0 saturated heterocycles. The molecular formula is C21H29N3O5. The van der Waals surface area contributed by atoms with Gasteiger partial charge in [0.25, 0.3) is 5.91 Å². The molecule has 8 nitrogen and oxygen atoms in total. The van der Waals surface area contributed by atoms with E-state index < -0.39 is 23.7 Å². The molecule has 2 aliphatic rings. The van der Waals surface area contributed by atoms with Crippen LogP contribution in [-0.2, 0) is 20.8 Å². The average molecular weight is 403 g/mol. The van der Waals surface area contributed by atoms with Crippen LogP contribution in [0.4, 0.5) is 4.79 Å². The Balaban J connectivity index is 1.61. The molecule has 1 aliphatic heterocycles. The standard InChI is InChI=1S/C21H29N3O5/c1-21(2,3)29-20(27)23-17(19(26)28-4)13-7-9-14(10-8-13)24-12-16-15(18(24)25)6-5-11-22-16/h5-6,11,13-14,17H,7-10,12H2,1-4H3,(H,23,27). The fourth-order valence-corrected chi connectivity index (χ4v) is 4.12. The highest BCUT2D eigenvalue weighted by Crippen LogP contribution is 2.34. The van der Waals surface area contributed by atoms with Gasteiger partial charge in [-0.25, -0.2) is 9.59 Å². The third-order valence-electron chi connectivity index (χ3n) is 5.48. The highest BCUT2D eigenvalue weighted by atomic mass is 16.6. The van der Waals surface area contributed by atoms with E-state index in [2.05, 4.69) is 10.3 Å². The van der Waals surface area contributed by atoms with E-state index >= 15 is 0 Å². The van der Waals surface area contributed by atoms with Crippen molar-refractivity contribution in [3.63, 3.8) is 0 Å². The van der Waals surface area contributed by atoms with Gasteiger partial charge in [0.15, 0.2) is 0 Å². The number of pyridine rings is 1. The molecule has 3 rings (SSSR count). The first-order valence-corrected chi connectivity index (χ1v) is 10.0.